The average Bonchev–Trinajstić information content (AvgIpc) is 2.18. The van der Waals surface area contributed by atoms with E-state index in [0.29, 0.717) is 12.0 Å². The lowest BCUT2D eigenvalue weighted by Gasteiger charge is -2.49. The smallest absolute Gasteiger partial charge is 0.304 e. The molecule has 3 saturated heterocycles. The largest absolute Gasteiger partial charge is 0.445 e. The highest BCUT2D eigenvalue weighted by atomic mass is 16.6. The van der Waals surface area contributed by atoms with Crippen molar-refractivity contribution in [3.8, 4) is 0 Å². The molecule has 3 fully saturated rings. The van der Waals surface area contributed by atoms with Gasteiger partial charge in [-0.05, 0) is 25.8 Å². The summed E-state index contributed by atoms with van der Waals surface area (Å²) in [6.07, 6.45) is 2.41. The number of nitrogens with one attached hydrogen (secondary N) is 1. The maximum atomic E-state index is 11.0. The second-order valence-electron chi connectivity index (χ2n) is 4.19. The third-order valence-electron chi connectivity index (χ3n) is 3.37. The summed E-state index contributed by atoms with van der Waals surface area (Å²) in [7, 11) is 1.95. The highest BCUT2D eigenvalue weighted by Gasteiger charge is 2.43. The molecule has 14 heavy (non-hydrogen) atoms. The zero-order chi connectivity index (χ0) is 10.1. The lowest BCUT2D eigenvalue weighted by atomic mass is 9.82. The Kier molecular flexibility index (Phi) is 2.74. The number of ether oxygens (including phenoxy) is 1. The first-order chi connectivity index (χ1) is 6.72. The van der Waals surface area contributed by atoms with E-state index in [1.807, 2.05) is 7.05 Å². The minimum absolute atomic E-state index is 0.0370. The molecule has 4 heteroatoms. The molecular weight excluding hydrogens is 180 g/mol. The molecule has 0 amide bonds. The standard InChI is InChI=1S/C10H18N2O2/c1-7(13)14-10-9(11-2)8-3-5-12(10)6-4-8/h8-11H,3-6H2,1-2H3. The Morgan fingerprint density at radius 2 is 2.07 bits per heavy atom. The Morgan fingerprint density at radius 1 is 1.43 bits per heavy atom. The number of hydrogen-bond donors (Lipinski definition) is 1. The molecular formula is C10H18N2O2. The minimum Gasteiger partial charge on any atom is -0.445 e. The van der Waals surface area contributed by atoms with Crippen LogP contribution in [0.25, 0.3) is 0 Å². The summed E-state index contributed by atoms with van der Waals surface area (Å²) in [5, 5.41) is 3.27. The molecule has 0 aliphatic carbocycles. The predicted molar refractivity (Wildman–Crippen MR) is 52.7 cm³/mol. The maximum absolute atomic E-state index is 11.0. The molecule has 0 aromatic heterocycles. The quantitative estimate of drug-likeness (QED) is 0.643. The van der Waals surface area contributed by atoms with Gasteiger partial charge in [-0.15, -0.1) is 0 Å². The highest BCUT2D eigenvalue weighted by molar-refractivity contribution is 5.66. The molecule has 3 aliphatic rings. The molecule has 1 N–H and O–H groups in total. The Balaban J connectivity index is 2.08. The van der Waals surface area contributed by atoms with Crippen LogP contribution in [0.5, 0.6) is 0 Å². The van der Waals surface area contributed by atoms with Crippen LogP contribution >= 0.6 is 0 Å². The summed E-state index contributed by atoms with van der Waals surface area (Å²) in [6.45, 7) is 3.62. The molecule has 3 aliphatic heterocycles. The lowest BCUT2D eigenvalue weighted by Crippen LogP contribution is -2.63. The van der Waals surface area contributed by atoms with Gasteiger partial charge in [-0.1, -0.05) is 0 Å². The van der Waals surface area contributed by atoms with E-state index in [-0.39, 0.29) is 12.2 Å². The van der Waals surface area contributed by atoms with E-state index in [1.165, 1.54) is 19.8 Å². The zero-order valence-electron chi connectivity index (χ0n) is 8.82. The normalized spacial score (nSPS) is 41.0. The first-order valence-corrected chi connectivity index (χ1v) is 5.31. The van der Waals surface area contributed by atoms with Gasteiger partial charge in [0.05, 0.1) is 6.04 Å². The highest BCUT2D eigenvalue weighted by Crippen LogP contribution is 2.32. The molecule has 4 nitrogen and oxygen atoms in total. The molecule has 0 aromatic rings. The Bertz CT molecular complexity index is 224. The van der Waals surface area contributed by atoms with Crippen LogP contribution in [0.15, 0.2) is 0 Å². The van der Waals surface area contributed by atoms with Crippen LogP contribution in [0.3, 0.4) is 0 Å². The zero-order valence-corrected chi connectivity index (χ0v) is 8.82. The molecule has 0 saturated carbocycles. The molecule has 3 heterocycles. The van der Waals surface area contributed by atoms with Gasteiger partial charge in [0.2, 0.25) is 0 Å². The SMILES string of the molecule is CNC1C2CCN(CC2)C1OC(C)=O. The number of rotatable bonds is 2. The number of hydrogen-bond acceptors (Lipinski definition) is 4. The van der Waals surface area contributed by atoms with Crippen LogP contribution in [0.1, 0.15) is 19.8 Å². The van der Waals surface area contributed by atoms with Crippen LogP contribution in [-0.2, 0) is 9.53 Å². The van der Waals surface area contributed by atoms with Gasteiger partial charge in [0.1, 0.15) is 0 Å². The summed E-state index contributed by atoms with van der Waals surface area (Å²) in [5.74, 6) is 0.497. The fourth-order valence-corrected chi connectivity index (χ4v) is 2.69. The second kappa shape index (κ2) is 3.87. The number of carbonyl (C=O) groups is 1. The summed E-state index contributed by atoms with van der Waals surface area (Å²) < 4.78 is 5.35. The number of piperidine rings is 3. The van der Waals surface area contributed by atoms with E-state index in [2.05, 4.69) is 10.2 Å². The van der Waals surface area contributed by atoms with Gasteiger partial charge >= 0.3 is 5.97 Å². The van der Waals surface area contributed by atoms with Crippen LogP contribution < -0.4 is 5.32 Å². The van der Waals surface area contributed by atoms with Crippen molar-refractivity contribution in [2.24, 2.45) is 5.92 Å². The van der Waals surface area contributed by atoms with Gasteiger partial charge in [-0.25, -0.2) is 0 Å². The van der Waals surface area contributed by atoms with Gasteiger partial charge in [0, 0.05) is 20.0 Å². The van der Waals surface area contributed by atoms with Crippen LogP contribution in [0.2, 0.25) is 0 Å². The van der Waals surface area contributed by atoms with E-state index in [4.69, 9.17) is 4.74 Å². The summed E-state index contributed by atoms with van der Waals surface area (Å²) >= 11 is 0. The monoisotopic (exact) mass is 198 g/mol. The topological polar surface area (TPSA) is 41.6 Å². The molecule has 0 spiro atoms. The predicted octanol–water partition coefficient (Wildman–Crippen LogP) is 0.189. The van der Waals surface area contributed by atoms with Crippen molar-refractivity contribution in [3.63, 3.8) is 0 Å². The average molecular weight is 198 g/mol. The molecule has 80 valence electrons. The van der Waals surface area contributed by atoms with E-state index in [9.17, 15) is 4.79 Å². The van der Waals surface area contributed by atoms with Gasteiger partial charge in [0.15, 0.2) is 6.23 Å². The number of carbonyl (C=O) groups excluding carboxylic acids is 1. The molecule has 0 radical (unpaired) electrons. The van der Waals surface area contributed by atoms with Crippen molar-refractivity contribution >= 4 is 5.97 Å². The fourth-order valence-electron chi connectivity index (χ4n) is 2.69. The van der Waals surface area contributed by atoms with Crippen LogP contribution in [0.4, 0.5) is 0 Å². The second-order valence-corrected chi connectivity index (χ2v) is 4.19. The molecule has 2 atom stereocenters. The fraction of sp³-hybridized carbons (Fsp3) is 0.900. The molecule has 3 rings (SSSR count). The minimum atomic E-state index is -0.178. The Hall–Kier alpha value is -0.610. The number of esters is 1. The summed E-state index contributed by atoms with van der Waals surface area (Å²) in [4.78, 5) is 13.2. The number of fused-ring (bicyclic) bond motifs is 3. The first kappa shape index (κ1) is 9.93. The summed E-state index contributed by atoms with van der Waals surface area (Å²) in [6, 6.07) is 0.321. The van der Waals surface area contributed by atoms with Crippen molar-refractivity contribution in [3.05, 3.63) is 0 Å². The van der Waals surface area contributed by atoms with E-state index in [1.54, 1.807) is 0 Å². The maximum Gasteiger partial charge on any atom is 0.304 e. The summed E-state index contributed by atoms with van der Waals surface area (Å²) in [5.41, 5.74) is 0. The van der Waals surface area contributed by atoms with Crippen molar-refractivity contribution in [1.82, 2.24) is 10.2 Å². The first-order valence-electron chi connectivity index (χ1n) is 5.31. The van der Waals surface area contributed by atoms with Crippen molar-refractivity contribution in [1.29, 1.82) is 0 Å². The van der Waals surface area contributed by atoms with E-state index >= 15 is 0 Å². The lowest BCUT2D eigenvalue weighted by molar-refractivity contribution is -0.174. The van der Waals surface area contributed by atoms with Crippen LogP contribution in [0, 0.1) is 5.92 Å². The van der Waals surface area contributed by atoms with Crippen molar-refractivity contribution in [2.75, 3.05) is 20.1 Å². The van der Waals surface area contributed by atoms with Gasteiger partial charge in [-0.3, -0.25) is 9.69 Å². The molecule has 2 bridgehead atoms. The van der Waals surface area contributed by atoms with Crippen molar-refractivity contribution < 1.29 is 9.53 Å². The number of nitrogens with zero attached hydrogens (tertiary/aromatic N) is 1. The third-order valence-corrected chi connectivity index (χ3v) is 3.37. The molecule has 2 unspecified atom stereocenters. The van der Waals surface area contributed by atoms with Gasteiger partial charge in [0.25, 0.3) is 0 Å². The van der Waals surface area contributed by atoms with Crippen LogP contribution in [-0.4, -0.2) is 43.3 Å². The van der Waals surface area contributed by atoms with Crippen molar-refractivity contribution in [2.45, 2.75) is 32.0 Å². The van der Waals surface area contributed by atoms with Gasteiger partial charge < -0.3 is 10.1 Å². The number of likely N-dealkylation sites (N-methyl/N-ethyl adjacent to an activating group) is 1. The van der Waals surface area contributed by atoms with E-state index < -0.39 is 0 Å². The van der Waals surface area contributed by atoms with E-state index in [0.717, 1.165) is 13.1 Å². The molecule has 0 aromatic carbocycles. The van der Waals surface area contributed by atoms with Gasteiger partial charge in [-0.2, -0.15) is 0 Å². The third kappa shape index (κ3) is 1.64. The Labute approximate surface area is 84.6 Å². The Morgan fingerprint density at radius 3 is 2.57 bits per heavy atom.